The molecule has 2 aromatic carbocycles. The number of halogens is 1. The van der Waals surface area contributed by atoms with E-state index in [9.17, 15) is 19.8 Å². The number of hydrogen-bond acceptors (Lipinski definition) is 6. The lowest BCUT2D eigenvalue weighted by Gasteiger charge is -2.31. The third-order valence-electron chi connectivity index (χ3n) is 6.81. The fraction of sp³-hybridized carbons (Fsp3) is 0.360. The van der Waals surface area contributed by atoms with Crippen LogP contribution in [0.2, 0.25) is 5.02 Å². The van der Waals surface area contributed by atoms with Gasteiger partial charge in [-0.05, 0) is 48.7 Å². The number of phenols is 1. The molecular weight excluding hydrogens is 444 g/mol. The number of aliphatic hydroxyl groups excluding tert-OH is 1. The number of nitrogens with zero attached hydrogens (tertiary/aromatic N) is 2. The Morgan fingerprint density at radius 3 is 2.61 bits per heavy atom. The van der Waals surface area contributed by atoms with E-state index < -0.39 is 17.7 Å². The van der Waals surface area contributed by atoms with Crippen molar-refractivity contribution in [1.29, 1.82) is 0 Å². The molecule has 172 valence electrons. The predicted molar refractivity (Wildman–Crippen MR) is 125 cm³/mol. The van der Waals surface area contributed by atoms with Crippen LogP contribution in [0, 0.1) is 0 Å². The molecular formula is C25H25ClN2O5. The highest BCUT2D eigenvalue weighted by molar-refractivity contribution is 6.46. The Kier molecular flexibility index (Phi) is 5.44. The minimum Gasteiger partial charge on any atom is -0.507 e. The lowest BCUT2D eigenvalue weighted by Crippen LogP contribution is -2.37. The number of Topliss-reactive ketones (excluding diaryl/α,β-unsaturated/α-hetero) is 1. The molecule has 1 aliphatic carbocycles. The highest BCUT2D eigenvalue weighted by atomic mass is 35.5. The summed E-state index contributed by atoms with van der Waals surface area (Å²) in [7, 11) is 1.93. The molecule has 2 N–H and O–H groups in total. The first kappa shape index (κ1) is 21.6. The lowest BCUT2D eigenvalue weighted by atomic mass is 9.94. The molecule has 1 atom stereocenters. The van der Waals surface area contributed by atoms with Gasteiger partial charge < -0.3 is 24.7 Å². The molecule has 1 unspecified atom stereocenters. The Hall–Kier alpha value is -3.19. The van der Waals surface area contributed by atoms with Crippen molar-refractivity contribution >= 4 is 34.7 Å². The number of likely N-dealkylation sites (N-methyl/N-ethyl adjacent to an activating group) is 1. The van der Waals surface area contributed by atoms with E-state index in [4.69, 9.17) is 16.3 Å². The Morgan fingerprint density at radius 2 is 1.88 bits per heavy atom. The van der Waals surface area contributed by atoms with Crippen LogP contribution in [0.1, 0.15) is 42.9 Å². The van der Waals surface area contributed by atoms with Gasteiger partial charge in [0.15, 0.2) is 0 Å². The standard InChI is InChI=1S/C25H25ClN2O5/c1-27-10-11-33-20-9-7-15(13-18(20)27)23(30)21-22(14-6-8-19(29)17(26)12-14)28(25(32)24(21)31)16-4-2-3-5-16/h6-9,12-13,16,22,29-30H,2-5,10-11H2,1H3/b23-21-. The summed E-state index contributed by atoms with van der Waals surface area (Å²) in [5.74, 6) is -0.943. The predicted octanol–water partition coefficient (Wildman–Crippen LogP) is 4.24. The number of rotatable bonds is 3. The van der Waals surface area contributed by atoms with Crippen LogP contribution in [0.15, 0.2) is 42.0 Å². The average Bonchev–Trinajstić information content (AvgIpc) is 3.42. The lowest BCUT2D eigenvalue weighted by molar-refractivity contribution is -0.141. The van der Waals surface area contributed by atoms with Gasteiger partial charge in [0, 0.05) is 18.7 Å². The zero-order valence-corrected chi connectivity index (χ0v) is 19.0. The van der Waals surface area contributed by atoms with E-state index in [1.807, 2.05) is 11.9 Å². The number of fused-ring (bicyclic) bond motifs is 1. The largest absolute Gasteiger partial charge is 0.507 e. The van der Waals surface area contributed by atoms with Crippen molar-refractivity contribution in [1.82, 2.24) is 4.90 Å². The molecule has 0 spiro atoms. The van der Waals surface area contributed by atoms with Crippen LogP contribution in [0.25, 0.3) is 5.76 Å². The molecule has 7 nitrogen and oxygen atoms in total. The second-order valence-corrected chi connectivity index (χ2v) is 9.22. The first-order valence-corrected chi connectivity index (χ1v) is 11.5. The summed E-state index contributed by atoms with van der Waals surface area (Å²) in [6.07, 6.45) is 3.56. The third kappa shape index (κ3) is 3.60. The number of aromatic hydroxyl groups is 1. The van der Waals surface area contributed by atoms with Crippen molar-refractivity contribution in [2.75, 3.05) is 25.1 Å². The van der Waals surface area contributed by atoms with Crippen molar-refractivity contribution in [3.05, 3.63) is 58.1 Å². The summed E-state index contributed by atoms with van der Waals surface area (Å²) in [4.78, 5) is 30.0. The second-order valence-electron chi connectivity index (χ2n) is 8.81. The van der Waals surface area contributed by atoms with Gasteiger partial charge in [0.05, 0.1) is 28.9 Å². The fourth-order valence-electron chi connectivity index (χ4n) is 5.08. The molecule has 0 radical (unpaired) electrons. The highest BCUT2D eigenvalue weighted by Crippen LogP contribution is 2.45. The van der Waals surface area contributed by atoms with Gasteiger partial charge in [0.1, 0.15) is 23.9 Å². The summed E-state index contributed by atoms with van der Waals surface area (Å²) in [5.41, 5.74) is 1.85. The van der Waals surface area contributed by atoms with Crippen molar-refractivity contribution in [3.8, 4) is 11.5 Å². The molecule has 8 heteroatoms. The summed E-state index contributed by atoms with van der Waals surface area (Å²) < 4.78 is 5.68. The number of ether oxygens (including phenoxy) is 1. The molecule has 1 saturated heterocycles. The topological polar surface area (TPSA) is 90.3 Å². The SMILES string of the molecule is CN1CCOc2ccc(/C(O)=C3/C(=O)C(=O)N(C4CCCC4)C3c3ccc(O)c(Cl)c3)cc21. The molecule has 2 heterocycles. The van der Waals surface area contributed by atoms with E-state index in [0.29, 0.717) is 30.0 Å². The van der Waals surface area contributed by atoms with Gasteiger partial charge in [0.2, 0.25) is 0 Å². The molecule has 0 aromatic heterocycles. The number of aliphatic hydroxyl groups is 1. The van der Waals surface area contributed by atoms with Gasteiger partial charge in [0.25, 0.3) is 11.7 Å². The molecule has 0 bridgehead atoms. The molecule has 3 aliphatic rings. The van der Waals surface area contributed by atoms with Crippen LogP contribution in [-0.4, -0.2) is 53.0 Å². The second kappa shape index (κ2) is 8.30. The Labute approximate surface area is 196 Å². The first-order chi connectivity index (χ1) is 15.9. The summed E-state index contributed by atoms with van der Waals surface area (Å²) in [5, 5.41) is 21.4. The number of hydrogen-bond donors (Lipinski definition) is 2. The maximum absolute atomic E-state index is 13.2. The van der Waals surface area contributed by atoms with Gasteiger partial charge in [-0.1, -0.05) is 30.5 Å². The average molecular weight is 469 g/mol. The number of carbonyl (C=O) groups excluding carboxylic acids is 2. The van der Waals surface area contributed by atoms with Crippen LogP contribution in [-0.2, 0) is 9.59 Å². The maximum Gasteiger partial charge on any atom is 0.295 e. The van der Waals surface area contributed by atoms with Gasteiger partial charge in [-0.15, -0.1) is 0 Å². The van der Waals surface area contributed by atoms with Crippen LogP contribution in [0.5, 0.6) is 11.5 Å². The monoisotopic (exact) mass is 468 g/mol. The number of phenolic OH excluding ortho intramolecular Hbond substituents is 1. The molecule has 2 fully saturated rings. The third-order valence-corrected chi connectivity index (χ3v) is 7.12. The summed E-state index contributed by atoms with van der Waals surface area (Å²) in [6.45, 7) is 1.28. The molecule has 2 aromatic rings. The maximum atomic E-state index is 13.2. The van der Waals surface area contributed by atoms with Crippen LogP contribution in [0.4, 0.5) is 5.69 Å². The number of benzene rings is 2. The van der Waals surface area contributed by atoms with Crippen LogP contribution >= 0.6 is 11.6 Å². The minimum absolute atomic E-state index is 0.0352. The Bertz CT molecular complexity index is 1170. The summed E-state index contributed by atoms with van der Waals surface area (Å²) >= 11 is 6.18. The molecule has 1 amide bonds. The van der Waals surface area contributed by atoms with Gasteiger partial charge in [-0.2, -0.15) is 0 Å². The quantitative estimate of drug-likeness (QED) is 0.398. The highest BCUT2D eigenvalue weighted by Gasteiger charge is 2.49. The van der Waals surface area contributed by atoms with E-state index in [1.54, 1.807) is 35.2 Å². The molecule has 33 heavy (non-hydrogen) atoms. The minimum atomic E-state index is -0.781. The van der Waals surface area contributed by atoms with Crippen LogP contribution in [0.3, 0.4) is 0 Å². The fourth-order valence-corrected chi connectivity index (χ4v) is 5.27. The molecule has 2 aliphatic heterocycles. The van der Waals surface area contributed by atoms with E-state index >= 15 is 0 Å². The van der Waals surface area contributed by atoms with Crippen LogP contribution < -0.4 is 9.64 Å². The Morgan fingerprint density at radius 1 is 1.12 bits per heavy atom. The van der Waals surface area contributed by atoms with Crippen molar-refractivity contribution < 1.29 is 24.5 Å². The van der Waals surface area contributed by atoms with E-state index in [-0.39, 0.29) is 28.1 Å². The van der Waals surface area contributed by atoms with Crippen molar-refractivity contribution in [3.63, 3.8) is 0 Å². The number of likely N-dealkylation sites (tertiary alicyclic amines) is 1. The molecule has 5 rings (SSSR count). The van der Waals surface area contributed by atoms with E-state index in [2.05, 4.69) is 0 Å². The number of ketones is 1. The van der Waals surface area contributed by atoms with E-state index in [0.717, 1.165) is 31.4 Å². The molecule has 1 saturated carbocycles. The van der Waals surface area contributed by atoms with Crippen molar-refractivity contribution in [2.45, 2.75) is 37.8 Å². The van der Waals surface area contributed by atoms with Crippen molar-refractivity contribution in [2.24, 2.45) is 0 Å². The number of amides is 1. The summed E-state index contributed by atoms with van der Waals surface area (Å²) in [6, 6.07) is 8.99. The number of anilines is 1. The Balaban J connectivity index is 1.67. The van der Waals surface area contributed by atoms with Gasteiger partial charge >= 0.3 is 0 Å². The first-order valence-electron chi connectivity index (χ1n) is 11.1. The van der Waals surface area contributed by atoms with Gasteiger partial charge in [-0.25, -0.2) is 0 Å². The zero-order chi connectivity index (χ0) is 23.3. The number of carbonyl (C=O) groups is 2. The smallest absolute Gasteiger partial charge is 0.295 e. The van der Waals surface area contributed by atoms with E-state index in [1.165, 1.54) is 6.07 Å². The zero-order valence-electron chi connectivity index (χ0n) is 18.3. The van der Waals surface area contributed by atoms with Gasteiger partial charge in [-0.3, -0.25) is 9.59 Å². The normalized spacial score (nSPS) is 22.5.